The molecule has 2 atom stereocenters. The van der Waals surface area contributed by atoms with Crippen molar-refractivity contribution in [3.63, 3.8) is 0 Å². The maximum absolute atomic E-state index is 14.5. The molecule has 3 aromatic carbocycles. The molecule has 11 nitrogen and oxygen atoms in total. The van der Waals surface area contributed by atoms with Crippen molar-refractivity contribution in [2.75, 3.05) is 23.4 Å². The molecule has 12 heteroatoms. The van der Waals surface area contributed by atoms with E-state index in [4.69, 9.17) is 10.8 Å². The standard InChI is InChI=1S/C31H28N8O3.ClH/c1-19(40)37-17-23(31(2,35-3)30(34)42)29(41)38(27-13-12-20(15-32)14-28(27)37)18-24-22-9-5-7-11-26(22)39(36-24)25-10-6-4-8-21(25)16-33;/h4-14,23,35H,17-18H2,1-3H3,(H2,34,42);1H/t23-,31?;/m1./s1. The molecule has 3 amide bonds. The Bertz CT molecular complexity index is 1840. The van der Waals surface area contributed by atoms with Crippen molar-refractivity contribution < 1.29 is 14.4 Å². The minimum absolute atomic E-state index is 0. The van der Waals surface area contributed by atoms with Crippen LogP contribution < -0.4 is 20.9 Å². The van der Waals surface area contributed by atoms with Crippen molar-refractivity contribution in [1.29, 1.82) is 10.5 Å². The second-order valence-electron chi connectivity index (χ2n) is 10.2. The van der Waals surface area contributed by atoms with Crippen molar-refractivity contribution >= 4 is 52.4 Å². The molecule has 1 unspecified atom stereocenters. The fourth-order valence-electron chi connectivity index (χ4n) is 5.40. The molecule has 0 saturated heterocycles. The van der Waals surface area contributed by atoms with Gasteiger partial charge in [0.05, 0.1) is 57.9 Å². The number of anilines is 2. The summed E-state index contributed by atoms with van der Waals surface area (Å²) in [7, 11) is 1.54. The smallest absolute Gasteiger partial charge is 0.238 e. The number of hydrogen-bond acceptors (Lipinski definition) is 7. The molecule has 43 heavy (non-hydrogen) atoms. The topological polar surface area (TPSA) is 161 Å². The molecule has 2 heterocycles. The molecule has 5 rings (SSSR count). The van der Waals surface area contributed by atoms with Crippen LogP contribution in [0.15, 0.2) is 66.7 Å². The van der Waals surface area contributed by atoms with Gasteiger partial charge in [0.15, 0.2) is 0 Å². The number of amides is 3. The Hall–Kier alpha value is -5.23. The van der Waals surface area contributed by atoms with Crippen molar-refractivity contribution in [2.45, 2.75) is 25.9 Å². The third-order valence-corrected chi connectivity index (χ3v) is 7.95. The van der Waals surface area contributed by atoms with Gasteiger partial charge in [-0.3, -0.25) is 14.4 Å². The number of nitrogens with one attached hydrogen (secondary N) is 1. The lowest BCUT2D eigenvalue weighted by molar-refractivity contribution is -0.133. The number of rotatable bonds is 6. The third-order valence-electron chi connectivity index (χ3n) is 7.95. The number of nitriles is 2. The van der Waals surface area contributed by atoms with Crippen LogP contribution in [0.25, 0.3) is 16.6 Å². The summed E-state index contributed by atoms with van der Waals surface area (Å²) >= 11 is 0. The Kier molecular flexibility index (Phi) is 8.53. The average molecular weight is 597 g/mol. The van der Waals surface area contributed by atoms with E-state index < -0.39 is 23.3 Å². The van der Waals surface area contributed by atoms with Gasteiger partial charge in [-0.1, -0.05) is 30.3 Å². The molecule has 1 aliphatic heterocycles. The fraction of sp³-hybridized carbons (Fsp3) is 0.226. The maximum Gasteiger partial charge on any atom is 0.238 e. The predicted molar refractivity (Wildman–Crippen MR) is 164 cm³/mol. The van der Waals surface area contributed by atoms with E-state index in [0.717, 1.165) is 10.9 Å². The van der Waals surface area contributed by atoms with Crippen molar-refractivity contribution in [1.82, 2.24) is 15.1 Å². The van der Waals surface area contributed by atoms with Crippen molar-refractivity contribution in [3.05, 3.63) is 83.6 Å². The van der Waals surface area contributed by atoms with Crippen LogP contribution in [0.4, 0.5) is 11.4 Å². The Morgan fingerprint density at radius 2 is 1.74 bits per heavy atom. The zero-order valence-electron chi connectivity index (χ0n) is 23.7. The van der Waals surface area contributed by atoms with Gasteiger partial charge in [0.2, 0.25) is 17.7 Å². The number of benzene rings is 3. The van der Waals surface area contributed by atoms with Crippen LogP contribution in [0.2, 0.25) is 0 Å². The summed E-state index contributed by atoms with van der Waals surface area (Å²) in [5.41, 5.74) is 7.63. The van der Waals surface area contributed by atoms with Gasteiger partial charge in [0.1, 0.15) is 11.6 Å². The highest BCUT2D eigenvalue weighted by Gasteiger charge is 2.48. The largest absolute Gasteiger partial charge is 0.368 e. The van der Waals surface area contributed by atoms with E-state index in [-0.39, 0.29) is 31.4 Å². The van der Waals surface area contributed by atoms with Gasteiger partial charge in [-0.25, -0.2) is 4.68 Å². The molecule has 3 N–H and O–H groups in total. The van der Waals surface area contributed by atoms with Crippen LogP contribution in [0.1, 0.15) is 30.7 Å². The minimum atomic E-state index is -1.50. The Morgan fingerprint density at radius 1 is 1.05 bits per heavy atom. The van der Waals surface area contributed by atoms with E-state index in [0.29, 0.717) is 33.9 Å². The Morgan fingerprint density at radius 3 is 2.40 bits per heavy atom. The van der Waals surface area contributed by atoms with E-state index in [9.17, 15) is 24.9 Å². The summed E-state index contributed by atoms with van der Waals surface area (Å²) in [5, 5.41) is 27.9. The summed E-state index contributed by atoms with van der Waals surface area (Å²) < 4.78 is 1.67. The SMILES string of the molecule is CNC(C)(C(N)=O)[C@@H]1CN(C(C)=O)c2cc(C#N)ccc2N(Cc2nn(-c3ccccc3C#N)c3ccccc23)C1=O.Cl. The molecule has 0 aliphatic carbocycles. The molecule has 1 aromatic heterocycles. The molecular weight excluding hydrogens is 568 g/mol. The van der Waals surface area contributed by atoms with Crippen LogP contribution in [0.3, 0.4) is 0 Å². The number of para-hydroxylation sites is 2. The van der Waals surface area contributed by atoms with E-state index >= 15 is 0 Å². The number of likely N-dealkylation sites (N-methyl/N-ethyl adjacent to an activating group) is 1. The van der Waals surface area contributed by atoms with Crippen molar-refractivity contribution in [2.24, 2.45) is 11.7 Å². The van der Waals surface area contributed by atoms with Crippen LogP contribution in [-0.4, -0.2) is 46.6 Å². The van der Waals surface area contributed by atoms with Crippen LogP contribution >= 0.6 is 12.4 Å². The van der Waals surface area contributed by atoms with Gasteiger partial charge in [0, 0.05) is 18.9 Å². The molecule has 0 spiro atoms. The van der Waals surface area contributed by atoms with E-state index in [1.165, 1.54) is 30.7 Å². The van der Waals surface area contributed by atoms with Crippen LogP contribution in [-0.2, 0) is 20.9 Å². The van der Waals surface area contributed by atoms with E-state index in [2.05, 4.69) is 17.5 Å². The van der Waals surface area contributed by atoms with Gasteiger partial charge in [-0.05, 0) is 50.4 Å². The fourth-order valence-corrected chi connectivity index (χ4v) is 5.40. The number of hydrogen-bond donors (Lipinski definition) is 2. The zero-order valence-corrected chi connectivity index (χ0v) is 24.6. The highest BCUT2D eigenvalue weighted by atomic mass is 35.5. The molecule has 0 bridgehead atoms. The summed E-state index contributed by atoms with van der Waals surface area (Å²) in [4.78, 5) is 43.0. The van der Waals surface area contributed by atoms with Crippen LogP contribution in [0.5, 0.6) is 0 Å². The first-order valence-electron chi connectivity index (χ1n) is 13.2. The van der Waals surface area contributed by atoms with E-state index in [1.54, 1.807) is 41.1 Å². The number of carbonyl (C=O) groups is 3. The highest BCUT2D eigenvalue weighted by Crippen LogP contribution is 2.39. The lowest BCUT2D eigenvalue weighted by Crippen LogP contribution is -2.63. The molecule has 4 aromatic rings. The minimum Gasteiger partial charge on any atom is -0.368 e. The Labute approximate surface area is 254 Å². The summed E-state index contributed by atoms with van der Waals surface area (Å²) in [5.74, 6) is -2.64. The van der Waals surface area contributed by atoms with E-state index in [1.807, 2.05) is 30.3 Å². The average Bonchev–Trinajstić information content (AvgIpc) is 3.31. The number of fused-ring (bicyclic) bond motifs is 2. The third kappa shape index (κ3) is 5.17. The summed E-state index contributed by atoms with van der Waals surface area (Å²) in [6.45, 7) is 2.73. The van der Waals surface area contributed by atoms with Gasteiger partial charge < -0.3 is 20.9 Å². The van der Waals surface area contributed by atoms with Gasteiger partial charge in [-0.2, -0.15) is 15.6 Å². The number of nitrogens with zero attached hydrogens (tertiary/aromatic N) is 6. The number of nitrogens with two attached hydrogens (primary N) is 1. The maximum atomic E-state index is 14.5. The number of carbonyl (C=O) groups excluding carboxylic acids is 3. The first-order chi connectivity index (χ1) is 20.1. The van der Waals surface area contributed by atoms with Gasteiger partial charge in [-0.15, -0.1) is 12.4 Å². The molecule has 218 valence electrons. The monoisotopic (exact) mass is 596 g/mol. The lowest BCUT2D eigenvalue weighted by Gasteiger charge is -2.36. The van der Waals surface area contributed by atoms with Crippen LogP contribution in [0, 0.1) is 28.6 Å². The first-order valence-corrected chi connectivity index (χ1v) is 13.2. The molecule has 1 aliphatic rings. The van der Waals surface area contributed by atoms with Gasteiger partial charge >= 0.3 is 0 Å². The zero-order chi connectivity index (χ0) is 30.2. The first kappa shape index (κ1) is 30.7. The second kappa shape index (κ2) is 11.9. The molecule has 0 saturated carbocycles. The normalized spacial score (nSPS) is 15.8. The predicted octanol–water partition coefficient (Wildman–Crippen LogP) is 3.17. The number of aromatic nitrogens is 2. The summed E-state index contributed by atoms with van der Waals surface area (Å²) in [6, 6.07) is 23.6. The number of primary amides is 1. The summed E-state index contributed by atoms with van der Waals surface area (Å²) in [6.07, 6.45) is 0. The number of halogens is 1. The molecule has 0 radical (unpaired) electrons. The van der Waals surface area contributed by atoms with Gasteiger partial charge in [0.25, 0.3) is 0 Å². The molecule has 0 fully saturated rings. The Balaban J connectivity index is 0.00000423. The second-order valence-corrected chi connectivity index (χ2v) is 10.2. The quantitative estimate of drug-likeness (QED) is 0.345. The highest BCUT2D eigenvalue weighted by molar-refractivity contribution is 6.08. The molecular formula is C31H29ClN8O3. The van der Waals surface area contributed by atoms with Crippen molar-refractivity contribution in [3.8, 4) is 17.8 Å². The lowest BCUT2D eigenvalue weighted by atomic mass is 9.83.